The maximum absolute atomic E-state index is 4.93. The number of aliphatic imine (C=N–C) groups is 1. The van der Waals surface area contributed by atoms with Gasteiger partial charge >= 0.3 is 0 Å². The van der Waals surface area contributed by atoms with Crippen LogP contribution in [-0.2, 0) is 0 Å². The lowest BCUT2D eigenvalue weighted by Gasteiger charge is -2.25. The van der Waals surface area contributed by atoms with Gasteiger partial charge in [-0.15, -0.1) is 35.3 Å². The molecule has 0 aliphatic carbocycles. The molecule has 2 fully saturated rings. The predicted molar refractivity (Wildman–Crippen MR) is 123 cm³/mol. The number of hydrogen-bond donors (Lipinski definition) is 2. The van der Waals surface area contributed by atoms with Gasteiger partial charge in [0, 0.05) is 23.2 Å². The van der Waals surface area contributed by atoms with Crippen LogP contribution in [0.5, 0.6) is 0 Å². The molecule has 0 spiro atoms. The van der Waals surface area contributed by atoms with Gasteiger partial charge in [0.1, 0.15) is 0 Å². The van der Waals surface area contributed by atoms with Crippen LogP contribution in [0, 0.1) is 0 Å². The zero-order chi connectivity index (χ0) is 16.6. The number of likely N-dealkylation sites (tertiary alicyclic amines) is 1. The van der Waals surface area contributed by atoms with Crippen LogP contribution in [0.2, 0.25) is 0 Å². The van der Waals surface area contributed by atoms with Crippen LogP contribution in [0.15, 0.2) is 22.5 Å². The van der Waals surface area contributed by atoms with Crippen molar-refractivity contribution in [3.05, 3.63) is 22.4 Å². The van der Waals surface area contributed by atoms with Crippen LogP contribution in [-0.4, -0.2) is 54.6 Å². The van der Waals surface area contributed by atoms with Crippen molar-refractivity contribution in [1.82, 2.24) is 15.5 Å². The third-order valence-corrected chi connectivity index (χ3v) is 7.11. The zero-order valence-corrected chi connectivity index (χ0v) is 19.0. The Hall–Kier alpha value is 0.01000. The minimum Gasteiger partial charge on any atom is -0.357 e. The third-order valence-electron chi connectivity index (χ3n) is 4.74. The summed E-state index contributed by atoms with van der Waals surface area (Å²) >= 11 is 3.96. The number of hydrogen-bond acceptors (Lipinski definition) is 4. The molecule has 2 aliphatic heterocycles. The number of thiophene rings is 1. The molecule has 1 aromatic rings. The molecule has 3 rings (SSSR count). The number of halogens is 1. The van der Waals surface area contributed by atoms with E-state index in [4.69, 9.17) is 4.99 Å². The summed E-state index contributed by atoms with van der Waals surface area (Å²) in [4.78, 5) is 8.98. The van der Waals surface area contributed by atoms with Crippen LogP contribution in [0.4, 0.5) is 0 Å². The first-order valence-corrected chi connectivity index (χ1v) is 11.2. The van der Waals surface area contributed by atoms with Crippen molar-refractivity contribution in [3.8, 4) is 0 Å². The fraction of sp³-hybridized carbons (Fsp3) is 0.722. The maximum atomic E-state index is 4.93. The summed E-state index contributed by atoms with van der Waals surface area (Å²) in [7, 11) is 0. The molecule has 2 saturated heterocycles. The van der Waals surface area contributed by atoms with Gasteiger partial charge in [-0.05, 0) is 62.9 Å². The summed E-state index contributed by atoms with van der Waals surface area (Å²) in [6.07, 6.45) is 5.34. The van der Waals surface area contributed by atoms with Gasteiger partial charge in [0.25, 0.3) is 0 Å². The molecular weight excluding hydrogens is 463 g/mol. The molecule has 2 atom stereocenters. The van der Waals surface area contributed by atoms with Crippen LogP contribution in [0.25, 0.3) is 0 Å². The molecule has 0 bridgehead atoms. The van der Waals surface area contributed by atoms with Gasteiger partial charge in [-0.3, -0.25) is 9.89 Å². The van der Waals surface area contributed by atoms with Crippen molar-refractivity contribution < 1.29 is 0 Å². The highest BCUT2D eigenvalue weighted by Crippen LogP contribution is 2.28. The van der Waals surface area contributed by atoms with E-state index in [1.807, 2.05) is 11.3 Å². The average Bonchev–Trinajstić information content (AvgIpc) is 3.35. The Labute approximate surface area is 177 Å². The van der Waals surface area contributed by atoms with Crippen molar-refractivity contribution in [2.45, 2.75) is 43.9 Å². The van der Waals surface area contributed by atoms with E-state index >= 15 is 0 Å². The van der Waals surface area contributed by atoms with E-state index in [2.05, 4.69) is 51.7 Å². The van der Waals surface area contributed by atoms with Crippen molar-refractivity contribution in [1.29, 1.82) is 0 Å². The molecule has 0 radical (unpaired) electrons. The molecule has 2 unspecified atom stereocenters. The standard InChI is InChI=1S/C18H30N4S2.HI/c1-2-19-18(20-13-15-7-5-11-23-15)21-14-16(17-8-6-12-24-17)22-9-3-4-10-22;/h6,8,12,15-16H,2-5,7,9-11,13-14H2,1H3,(H2,19,20,21);1H. The molecule has 0 saturated carbocycles. The third kappa shape index (κ3) is 6.59. The first kappa shape index (κ1) is 21.3. The number of nitrogens with one attached hydrogen (secondary N) is 2. The lowest BCUT2D eigenvalue weighted by Crippen LogP contribution is -2.41. The maximum Gasteiger partial charge on any atom is 0.191 e. The van der Waals surface area contributed by atoms with Crippen molar-refractivity contribution >= 4 is 53.0 Å². The Bertz CT molecular complexity index is 497. The van der Waals surface area contributed by atoms with Crippen LogP contribution >= 0.6 is 47.1 Å². The van der Waals surface area contributed by atoms with E-state index < -0.39 is 0 Å². The molecule has 1 aromatic heterocycles. The molecule has 4 nitrogen and oxygen atoms in total. The summed E-state index contributed by atoms with van der Waals surface area (Å²) < 4.78 is 0. The van der Waals surface area contributed by atoms with Gasteiger partial charge in [-0.2, -0.15) is 11.8 Å². The molecule has 25 heavy (non-hydrogen) atoms. The normalized spacial score (nSPS) is 22.6. The first-order valence-electron chi connectivity index (χ1n) is 9.28. The summed E-state index contributed by atoms with van der Waals surface area (Å²) in [5, 5.41) is 9.90. The van der Waals surface area contributed by atoms with Crippen LogP contribution in [0.1, 0.15) is 43.5 Å². The SMILES string of the molecule is CCNC(=NCC(c1cccs1)N1CCCC1)NCC1CCCS1.I. The highest BCUT2D eigenvalue weighted by molar-refractivity contribution is 14.0. The lowest BCUT2D eigenvalue weighted by molar-refractivity contribution is 0.255. The highest BCUT2D eigenvalue weighted by atomic mass is 127. The molecule has 0 amide bonds. The quantitative estimate of drug-likeness (QED) is 0.342. The summed E-state index contributed by atoms with van der Waals surface area (Å²) in [6.45, 7) is 7.34. The second-order valence-corrected chi connectivity index (χ2v) is 8.90. The second-order valence-electron chi connectivity index (χ2n) is 6.51. The molecule has 2 N–H and O–H groups in total. The van der Waals surface area contributed by atoms with E-state index in [1.54, 1.807) is 0 Å². The second kappa shape index (κ2) is 11.7. The summed E-state index contributed by atoms with van der Waals surface area (Å²) in [5.41, 5.74) is 0. The largest absolute Gasteiger partial charge is 0.357 e. The van der Waals surface area contributed by atoms with Gasteiger partial charge in [0.05, 0.1) is 12.6 Å². The Balaban J connectivity index is 0.00000225. The predicted octanol–water partition coefficient (Wildman–Crippen LogP) is 3.95. The number of thioether (sulfide) groups is 1. The topological polar surface area (TPSA) is 39.7 Å². The first-order chi connectivity index (χ1) is 11.9. The van der Waals surface area contributed by atoms with Crippen molar-refractivity contribution in [2.24, 2.45) is 4.99 Å². The van der Waals surface area contributed by atoms with Gasteiger partial charge in [0.15, 0.2) is 5.96 Å². The van der Waals surface area contributed by atoms with Crippen molar-refractivity contribution in [3.63, 3.8) is 0 Å². The molecule has 3 heterocycles. The Morgan fingerprint density at radius 2 is 2.16 bits per heavy atom. The zero-order valence-electron chi connectivity index (χ0n) is 15.1. The summed E-state index contributed by atoms with van der Waals surface area (Å²) in [5.74, 6) is 2.29. The number of guanidine groups is 1. The number of nitrogens with zero attached hydrogens (tertiary/aromatic N) is 2. The van der Waals surface area contributed by atoms with Crippen molar-refractivity contribution in [2.75, 3.05) is 38.5 Å². The van der Waals surface area contributed by atoms with Crippen LogP contribution < -0.4 is 10.6 Å². The van der Waals surface area contributed by atoms with E-state index in [1.165, 1.54) is 49.4 Å². The molecule has 7 heteroatoms. The van der Waals surface area contributed by atoms with Gasteiger partial charge in [-0.1, -0.05) is 6.07 Å². The fourth-order valence-electron chi connectivity index (χ4n) is 3.45. The fourth-order valence-corrected chi connectivity index (χ4v) is 5.51. The van der Waals surface area contributed by atoms with E-state index in [9.17, 15) is 0 Å². The Morgan fingerprint density at radius 1 is 1.32 bits per heavy atom. The Kier molecular flexibility index (Phi) is 9.95. The summed E-state index contributed by atoms with van der Waals surface area (Å²) in [6, 6.07) is 4.86. The number of rotatable bonds is 7. The van der Waals surface area contributed by atoms with E-state index in [-0.39, 0.29) is 24.0 Å². The molecule has 0 aromatic carbocycles. The van der Waals surface area contributed by atoms with Gasteiger partial charge in [0.2, 0.25) is 0 Å². The minimum atomic E-state index is 0. The average molecular weight is 495 g/mol. The van der Waals surface area contributed by atoms with Gasteiger partial charge in [-0.25, -0.2) is 0 Å². The highest BCUT2D eigenvalue weighted by Gasteiger charge is 2.24. The smallest absolute Gasteiger partial charge is 0.191 e. The monoisotopic (exact) mass is 494 g/mol. The van der Waals surface area contributed by atoms with E-state index in [0.717, 1.165) is 30.8 Å². The molecular formula is C18H31IN4S2. The van der Waals surface area contributed by atoms with Crippen LogP contribution in [0.3, 0.4) is 0 Å². The van der Waals surface area contributed by atoms with Gasteiger partial charge < -0.3 is 10.6 Å². The molecule has 142 valence electrons. The molecule has 2 aliphatic rings. The Morgan fingerprint density at radius 3 is 2.80 bits per heavy atom. The lowest BCUT2D eigenvalue weighted by atomic mass is 10.2. The van der Waals surface area contributed by atoms with E-state index in [0.29, 0.717) is 6.04 Å². The minimum absolute atomic E-state index is 0.